The van der Waals surface area contributed by atoms with Crippen molar-refractivity contribution in [2.24, 2.45) is 5.92 Å². The number of phenols is 1. The Labute approximate surface area is 196 Å². The van der Waals surface area contributed by atoms with Crippen LogP contribution in [-0.2, 0) is 20.9 Å². The second-order valence-corrected chi connectivity index (χ2v) is 8.35. The minimum Gasteiger partial charge on any atom is -0.508 e. The van der Waals surface area contributed by atoms with Crippen LogP contribution in [0.1, 0.15) is 43.4 Å². The maximum atomic E-state index is 13.2. The molecule has 8 nitrogen and oxygen atoms in total. The van der Waals surface area contributed by atoms with E-state index >= 15 is 0 Å². The Morgan fingerprint density at radius 2 is 1.91 bits per heavy atom. The van der Waals surface area contributed by atoms with Gasteiger partial charge >= 0.3 is 11.6 Å². The number of phenolic OH excluding ortho intramolecular Hbond substituents is 1. The molecule has 0 aliphatic carbocycles. The molecule has 2 heterocycles. The Kier molecular flexibility index (Phi) is 6.86. The van der Waals surface area contributed by atoms with Gasteiger partial charge in [0.1, 0.15) is 23.7 Å². The van der Waals surface area contributed by atoms with Gasteiger partial charge in [0, 0.05) is 36.0 Å². The zero-order valence-electron chi connectivity index (χ0n) is 19.2. The third kappa shape index (κ3) is 4.76. The van der Waals surface area contributed by atoms with Crippen LogP contribution in [0.25, 0.3) is 11.0 Å². The summed E-state index contributed by atoms with van der Waals surface area (Å²) < 4.78 is 16.0. The van der Waals surface area contributed by atoms with Crippen molar-refractivity contribution in [3.8, 4) is 11.5 Å². The molecule has 0 saturated carbocycles. The van der Waals surface area contributed by atoms with Crippen LogP contribution in [-0.4, -0.2) is 35.5 Å². The van der Waals surface area contributed by atoms with Gasteiger partial charge in [0.15, 0.2) is 0 Å². The lowest BCUT2D eigenvalue weighted by molar-refractivity contribution is -0.150. The number of benzene rings is 2. The molecule has 1 aromatic heterocycles. The Morgan fingerprint density at radius 3 is 2.62 bits per heavy atom. The van der Waals surface area contributed by atoms with E-state index in [1.165, 1.54) is 18.2 Å². The number of rotatable bonds is 8. The first-order chi connectivity index (χ1) is 16.4. The van der Waals surface area contributed by atoms with Gasteiger partial charge < -0.3 is 23.9 Å². The summed E-state index contributed by atoms with van der Waals surface area (Å²) >= 11 is 0. The third-order valence-corrected chi connectivity index (χ3v) is 6.13. The Hall–Kier alpha value is -3.81. The average Bonchev–Trinajstić information content (AvgIpc) is 3.16. The lowest BCUT2D eigenvalue weighted by Gasteiger charge is -2.28. The van der Waals surface area contributed by atoms with Crippen molar-refractivity contribution in [2.75, 3.05) is 13.7 Å². The van der Waals surface area contributed by atoms with Gasteiger partial charge in [-0.2, -0.15) is 0 Å². The van der Waals surface area contributed by atoms with Crippen LogP contribution in [0.4, 0.5) is 0 Å². The molecule has 1 aliphatic heterocycles. The predicted molar refractivity (Wildman–Crippen MR) is 124 cm³/mol. The first kappa shape index (κ1) is 23.4. The Morgan fingerprint density at radius 1 is 1.15 bits per heavy atom. The summed E-state index contributed by atoms with van der Waals surface area (Å²) in [7, 11) is 1.58. The molecule has 1 fully saturated rings. The molecule has 0 bridgehead atoms. The van der Waals surface area contributed by atoms with Gasteiger partial charge in [0.25, 0.3) is 0 Å². The number of nitrogens with zero attached hydrogens (tertiary/aromatic N) is 1. The highest BCUT2D eigenvalue weighted by atomic mass is 16.5. The quantitative estimate of drug-likeness (QED) is 0.397. The minimum atomic E-state index is -0.673. The Balaban J connectivity index is 1.59. The molecule has 1 saturated heterocycles. The SMILES string of the molecule is CCCCN1C(=O)C[C@@H](C(=O)OCc2cc(=O)oc3cc(O)ccc23)[C@@H]1c1ccc(OC)cc1. The molecule has 4 rings (SSSR count). The number of carbonyl (C=O) groups is 2. The summed E-state index contributed by atoms with van der Waals surface area (Å²) in [5.41, 5.74) is 0.900. The first-order valence-electron chi connectivity index (χ1n) is 11.3. The van der Waals surface area contributed by atoms with Crippen LogP contribution in [0.15, 0.2) is 57.7 Å². The molecule has 1 aliphatic rings. The van der Waals surface area contributed by atoms with Gasteiger partial charge in [-0.25, -0.2) is 4.79 Å². The van der Waals surface area contributed by atoms with Gasteiger partial charge in [0.05, 0.1) is 19.1 Å². The van der Waals surface area contributed by atoms with Gasteiger partial charge in [-0.1, -0.05) is 25.5 Å². The van der Waals surface area contributed by atoms with Crippen LogP contribution in [0.2, 0.25) is 0 Å². The van der Waals surface area contributed by atoms with Gasteiger partial charge in [0.2, 0.25) is 5.91 Å². The van der Waals surface area contributed by atoms with Crippen LogP contribution >= 0.6 is 0 Å². The van der Waals surface area contributed by atoms with E-state index in [0.717, 1.165) is 18.4 Å². The maximum Gasteiger partial charge on any atom is 0.336 e. The molecule has 0 spiro atoms. The number of esters is 1. The van der Waals surface area contributed by atoms with Crippen LogP contribution < -0.4 is 10.4 Å². The van der Waals surface area contributed by atoms with Crippen LogP contribution in [0.3, 0.4) is 0 Å². The summed E-state index contributed by atoms with van der Waals surface area (Å²) in [6, 6.07) is 12.6. The fraction of sp³-hybridized carbons (Fsp3) is 0.346. The molecule has 8 heteroatoms. The first-order valence-corrected chi connectivity index (χ1v) is 11.3. The highest BCUT2D eigenvalue weighted by Crippen LogP contribution is 2.40. The number of hydrogen-bond acceptors (Lipinski definition) is 7. The molecule has 2 aromatic carbocycles. The molecule has 2 atom stereocenters. The molecule has 178 valence electrons. The van der Waals surface area contributed by atoms with Gasteiger partial charge in [-0.05, 0) is 36.2 Å². The maximum absolute atomic E-state index is 13.2. The van der Waals surface area contributed by atoms with Crippen LogP contribution in [0, 0.1) is 5.92 Å². The van der Waals surface area contributed by atoms with E-state index in [-0.39, 0.29) is 30.3 Å². The highest BCUT2D eigenvalue weighted by molar-refractivity contribution is 5.88. The zero-order chi connectivity index (χ0) is 24.2. The lowest BCUT2D eigenvalue weighted by Crippen LogP contribution is -2.32. The number of hydrogen-bond donors (Lipinski definition) is 1. The van der Waals surface area contributed by atoms with Crippen molar-refractivity contribution < 1.29 is 28.6 Å². The van der Waals surface area contributed by atoms with Crippen molar-refractivity contribution >= 4 is 22.8 Å². The molecule has 0 radical (unpaired) electrons. The van der Waals surface area contributed by atoms with Crippen molar-refractivity contribution in [3.63, 3.8) is 0 Å². The molecule has 1 N–H and O–H groups in total. The normalized spacial score (nSPS) is 17.8. The fourth-order valence-electron chi connectivity index (χ4n) is 4.40. The summed E-state index contributed by atoms with van der Waals surface area (Å²) in [5.74, 6) is -0.615. The summed E-state index contributed by atoms with van der Waals surface area (Å²) in [5, 5.41) is 10.2. The van der Waals surface area contributed by atoms with E-state index in [2.05, 4.69) is 6.92 Å². The summed E-state index contributed by atoms with van der Waals surface area (Å²) in [6.45, 7) is 2.46. The number of fused-ring (bicyclic) bond motifs is 1. The molecule has 3 aromatic rings. The molecule has 1 amide bonds. The standard InChI is InChI=1S/C26H27NO7/c1-3-4-11-27-23(29)14-21(25(27)16-5-8-19(32-2)9-6-16)26(31)33-15-17-12-24(30)34-22-13-18(28)7-10-20(17)22/h5-10,12-13,21,25,28H,3-4,11,14-15H2,1-2H3/t21-,25+/m1/s1. The third-order valence-electron chi connectivity index (χ3n) is 6.13. The number of aromatic hydroxyl groups is 1. The van der Waals surface area contributed by atoms with E-state index in [9.17, 15) is 19.5 Å². The number of likely N-dealkylation sites (tertiary alicyclic amines) is 1. The molecular weight excluding hydrogens is 438 g/mol. The second-order valence-electron chi connectivity index (χ2n) is 8.35. The van der Waals surface area contributed by atoms with E-state index < -0.39 is 23.6 Å². The second kappa shape index (κ2) is 9.99. The summed E-state index contributed by atoms with van der Waals surface area (Å²) in [6.07, 6.45) is 1.82. The topological polar surface area (TPSA) is 106 Å². The minimum absolute atomic E-state index is 0.0382. The van der Waals surface area contributed by atoms with Crippen molar-refractivity contribution in [2.45, 2.75) is 38.8 Å². The molecule has 34 heavy (non-hydrogen) atoms. The zero-order valence-corrected chi connectivity index (χ0v) is 19.2. The van der Waals surface area contributed by atoms with E-state index in [1.807, 2.05) is 24.3 Å². The van der Waals surface area contributed by atoms with E-state index in [4.69, 9.17) is 13.9 Å². The van der Waals surface area contributed by atoms with Crippen molar-refractivity contribution in [1.29, 1.82) is 0 Å². The largest absolute Gasteiger partial charge is 0.508 e. The monoisotopic (exact) mass is 465 g/mol. The lowest BCUT2D eigenvalue weighted by atomic mass is 9.93. The number of unbranched alkanes of at least 4 members (excludes halogenated alkanes) is 1. The highest BCUT2D eigenvalue weighted by Gasteiger charge is 2.45. The molecule has 0 unspecified atom stereocenters. The average molecular weight is 466 g/mol. The Bertz CT molecular complexity index is 1250. The van der Waals surface area contributed by atoms with E-state index in [0.29, 0.717) is 23.2 Å². The molecular formula is C26H27NO7. The summed E-state index contributed by atoms with van der Waals surface area (Å²) in [4.78, 5) is 39.7. The fourth-order valence-corrected chi connectivity index (χ4v) is 4.40. The van der Waals surface area contributed by atoms with Gasteiger partial charge in [-0.15, -0.1) is 0 Å². The number of ether oxygens (including phenoxy) is 2. The van der Waals surface area contributed by atoms with Gasteiger partial charge in [-0.3, -0.25) is 9.59 Å². The van der Waals surface area contributed by atoms with Crippen molar-refractivity contribution in [1.82, 2.24) is 4.90 Å². The van der Waals surface area contributed by atoms with E-state index in [1.54, 1.807) is 18.1 Å². The smallest absolute Gasteiger partial charge is 0.336 e. The number of amides is 1. The van der Waals surface area contributed by atoms with Crippen molar-refractivity contribution in [3.05, 3.63) is 70.1 Å². The predicted octanol–water partition coefficient (Wildman–Crippen LogP) is 3.94. The number of carbonyl (C=O) groups excluding carboxylic acids is 2. The van der Waals surface area contributed by atoms with Crippen LogP contribution in [0.5, 0.6) is 11.5 Å². The number of methoxy groups -OCH3 is 1.